The van der Waals surface area contributed by atoms with Crippen molar-refractivity contribution in [2.45, 2.75) is 6.92 Å². The molecule has 0 aliphatic rings. The van der Waals surface area contributed by atoms with Crippen LogP contribution in [0.25, 0.3) is 5.69 Å². The molecule has 1 aromatic heterocycles. The minimum absolute atomic E-state index is 0.0966. The van der Waals surface area contributed by atoms with Crippen LogP contribution in [0.15, 0.2) is 54.7 Å². The summed E-state index contributed by atoms with van der Waals surface area (Å²) in [6, 6.07) is 16.8. The molecule has 0 spiro atoms. The summed E-state index contributed by atoms with van der Waals surface area (Å²) >= 11 is 0. The highest BCUT2D eigenvalue weighted by Crippen LogP contribution is 2.27. The normalized spacial score (nSPS) is 10.2. The van der Waals surface area contributed by atoms with Gasteiger partial charge in [-0.05, 0) is 43.3 Å². The van der Waals surface area contributed by atoms with E-state index in [9.17, 15) is 4.79 Å². The van der Waals surface area contributed by atoms with Crippen molar-refractivity contribution in [2.75, 3.05) is 12.8 Å². The van der Waals surface area contributed by atoms with Crippen LogP contribution in [0.4, 0.5) is 5.69 Å². The first-order chi connectivity index (χ1) is 12.5. The minimum atomic E-state index is -0.607. The van der Waals surface area contributed by atoms with Crippen LogP contribution in [-0.2, 0) is 4.74 Å². The number of nitrogens with zero attached hydrogens (tertiary/aromatic N) is 2. The average molecular weight is 347 g/mol. The van der Waals surface area contributed by atoms with Gasteiger partial charge in [-0.25, -0.2) is 4.79 Å². The molecule has 1 heterocycles. The maximum atomic E-state index is 12.0. The van der Waals surface area contributed by atoms with Gasteiger partial charge in [0, 0.05) is 11.9 Å². The Morgan fingerprint density at radius 2 is 1.65 bits per heavy atom. The first-order valence-electron chi connectivity index (χ1n) is 7.87. The van der Waals surface area contributed by atoms with Crippen molar-refractivity contribution in [3.63, 3.8) is 0 Å². The highest BCUT2D eigenvalue weighted by Gasteiger charge is 2.21. The number of nitriles is 1. The van der Waals surface area contributed by atoms with Crippen LogP contribution >= 0.6 is 0 Å². The Bertz CT molecular complexity index is 981. The number of benzene rings is 2. The molecule has 0 amide bonds. The maximum absolute atomic E-state index is 12.0. The van der Waals surface area contributed by atoms with E-state index in [1.165, 1.54) is 17.9 Å². The molecular formula is C20H17N3O3. The number of aryl methyl sites for hydroxylation is 1. The molecule has 3 aromatic rings. The number of carbonyl (C=O) groups excluding carboxylic acids is 1. The zero-order valence-corrected chi connectivity index (χ0v) is 14.4. The number of carbonyl (C=O) groups is 1. The predicted octanol–water partition coefficient (Wildman–Crippen LogP) is 3.82. The van der Waals surface area contributed by atoms with Crippen LogP contribution in [0, 0.1) is 18.3 Å². The van der Waals surface area contributed by atoms with E-state index in [2.05, 4.69) is 0 Å². The van der Waals surface area contributed by atoms with Crippen molar-refractivity contribution in [3.8, 4) is 23.3 Å². The van der Waals surface area contributed by atoms with E-state index in [-0.39, 0.29) is 16.9 Å². The summed E-state index contributed by atoms with van der Waals surface area (Å²) < 4.78 is 12.1. The van der Waals surface area contributed by atoms with Gasteiger partial charge >= 0.3 is 5.97 Å². The van der Waals surface area contributed by atoms with E-state index in [0.29, 0.717) is 11.4 Å². The summed E-state index contributed by atoms with van der Waals surface area (Å²) in [5.74, 6) is 0.775. The Morgan fingerprint density at radius 1 is 1.08 bits per heavy atom. The van der Waals surface area contributed by atoms with Crippen LogP contribution in [0.2, 0.25) is 0 Å². The SMILES string of the molecule is COC(=O)c1c(N)c(C#N)cn1-c1ccc(Oc2ccc(C)cc2)cc1. The average Bonchev–Trinajstić information content (AvgIpc) is 3.00. The van der Waals surface area contributed by atoms with Gasteiger partial charge in [0.05, 0.1) is 18.4 Å². The Labute approximate surface area is 151 Å². The molecule has 0 radical (unpaired) electrons. The molecule has 130 valence electrons. The maximum Gasteiger partial charge on any atom is 0.357 e. The molecule has 0 saturated carbocycles. The Morgan fingerprint density at radius 3 is 2.19 bits per heavy atom. The third-order valence-corrected chi connectivity index (χ3v) is 3.92. The second kappa shape index (κ2) is 7.03. The van der Waals surface area contributed by atoms with Crippen molar-refractivity contribution < 1.29 is 14.3 Å². The standard InChI is InChI=1S/C20H17N3O3/c1-13-3-7-16(8-4-13)26-17-9-5-15(6-10-17)23-12-14(11-21)18(22)19(23)20(24)25-2/h3-10,12H,22H2,1-2H3. The predicted molar refractivity (Wildman–Crippen MR) is 97.5 cm³/mol. The fourth-order valence-corrected chi connectivity index (χ4v) is 2.54. The van der Waals surface area contributed by atoms with Crippen molar-refractivity contribution in [1.29, 1.82) is 5.26 Å². The van der Waals surface area contributed by atoms with Crippen LogP contribution < -0.4 is 10.5 Å². The molecule has 0 saturated heterocycles. The fourth-order valence-electron chi connectivity index (χ4n) is 2.54. The van der Waals surface area contributed by atoms with Gasteiger partial charge in [-0.3, -0.25) is 0 Å². The molecule has 26 heavy (non-hydrogen) atoms. The van der Waals surface area contributed by atoms with Crippen molar-refractivity contribution in [2.24, 2.45) is 0 Å². The number of nitrogens with two attached hydrogens (primary N) is 1. The van der Waals surface area contributed by atoms with Gasteiger partial charge in [0.1, 0.15) is 17.6 Å². The molecule has 6 nitrogen and oxygen atoms in total. The van der Waals surface area contributed by atoms with E-state index in [4.69, 9.17) is 20.5 Å². The summed E-state index contributed by atoms with van der Waals surface area (Å²) in [5, 5.41) is 9.17. The van der Waals surface area contributed by atoms with Crippen molar-refractivity contribution in [1.82, 2.24) is 4.57 Å². The van der Waals surface area contributed by atoms with Crippen molar-refractivity contribution in [3.05, 3.63) is 71.5 Å². The van der Waals surface area contributed by atoms with E-state index in [0.717, 1.165) is 11.3 Å². The third kappa shape index (κ3) is 3.23. The van der Waals surface area contributed by atoms with Crippen LogP contribution in [-0.4, -0.2) is 17.6 Å². The topological polar surface area (TPSA) is 90.3 Å². The first-order valence-corrected chi connectivity index (χ1v) is 7.87. The van der Waals surface area contributed by atoms with Gasteiger partial charge in [-0.1, -0.05) is 17.7 Å². The van der Waals surface area contributed by atoms with Gasteiger partial charge in [-0.15, -0.1) is 0 Å². The quantitative estimate of drug-likeness (QED) is 0.725. The molecule has 0 fully saturated rings. The van der Waals surface area contributed by atoms with E-state index in [1.54, 1.807) is 24.3 Å². The number of rotatable bonds is 4. The smallest absolute Gasteiger partial charge is 0.357 e. The minimum Gasteiger partial charge on any atom is -0.464 e. The van der Waals surface area contributed by atoms with E-state index < -0.39 is 5.97 Å². The number of anilines is 1. The third-order valence-electron chi connectivity index (χ3n) is 3.92. The van der Waals surface area contributed by atoms with Gasteiger partial charge in [0.25, 0.3) is 0 Å². The Hall–Kier alpha value is -3.72. The van der Waals surface area contributed by atoms with E-state index >= 15 is 0 Å². The fraction of sp³-hybridized carbons (Fsp3) is 0.100. The molecule has 3 rings (SSSR count). The molecule has 6 heteroatoms. The second-order valence-corrected chi connectivity index (χ2v) is 5.69. The number of ether oxygens (including phenoxy) is 2. The van der Waals surface area contributed by atoms with Gasteiger partial charge in [0.15, 0.2) is 5.69 Å². The van der Waals surface area contributed by atoms with Gasteiger partial charge in [-0.2, -0.15) is 5.26 Å². The second-order valence-electron chi connectivity index (χ2n) is 5.69. The Kier molecular flexibility index (Phi) is 4.63. The van der Waals surface area contributed by atoms with Crippen LogP contribution in [0.1, 0.15) is 21.6 Å². The summed E-state index contributed by atoms with van der Waals surface area (Å²) in [4.78, 5) is 12.0. The Balaban J connectivity index is 1.92. The van der Waals surface area contributed by atoms with Crippen molar-refractivity contribution >= 4 is 11.7 Å². The van der Waals surface area contributed by atoms with Gasteiger partial charge < -0.3 is 19.8 Å². The summed E-state index contributed by atoms with van der Waals surface area (Å²) in [5.41, 5.74) is 8.15. The van der Waals surface area contributed by atoms with Crippen LogP contribution in [0.3, 0.4) is 0 Å². The summed E-state index contributed by atoms with van der Waals surface area (Å²) in [6.07, 6.45) is 1.51. The lowest BCUT2D eigenvalue weighted by Crippen LogP contribution is -2.11. The molecule has 2 N–H and O–H groups in total. The van der Waals surface area contributed by atoms with E-state index in [1.807, 2.05) is 37.3 Å². The number of hydrogen-bond donors (Lipinski definition) is 1. The molecule has 0 unspecified atom stereocenters. The van der Waals surface area contributed by atoms with Gasteiger partial charge in [0.2, 0.25) is 0 Å². The zero-order valence-electron chi connectivity index (χ0n) is 14.4. The van der Waals surface area contributed by atoms with Crippen LogP contribution in [0.5, 0.6) is 11.5 Å². The molecule has 2 aromatic carbocycles. The number of esters is 1. The number of methoxy groups -OCH3 is 1. The number of hydrogen-bond acceptors (Lipinski definition) is 5. The molecular weight excluding hydrogens is 330 g/mol. The highest BCUT2D eigenvalue weighted by atomic mass is 16.5. The summed E-state index contributed by atoms with van der Waals surface area (Å²) in [6.45, 7) is 2.01. The summed E-state index contributed by atoms with van der Waals surface area (Å²) in [7, 11) is 1.27. The monoisotopic (exact) mass is 347 g/mol. The number of aromatic nitrogens is 1. The molecule has 0 atom stereocenters. The highest BCUT2D eigenvalue weighted by molar-refractivity contribution is 5.95. The molecule has 0 aliphatic carbocycles. The molecule has 0 aliphatic heterocycles. The number of nitrogen functional groups attached to an aromatic ring is 1. The lowest BCUT2D eigenvalue weighted by molar-refractivity contribution is 0.0593. The lowest BCUT2D eigenvalue weighted by Gasteiger charge is -2.10. The lowest BCUT2D eigenvalue weighted by atomic mass is 10.2. The first kappa shape index (κ1) is 17.1. The molecule has 0 bridgehead atoms. The zero-order chi connectivity index (χ0) is 18.7. The largest absolute Gasteiger partial charge is 0.464 e.